The van der Waals surface area contributed by atoms with Gasteiger partial charge in [-0.3, -0.25) is 9.78 Å². The number of ether oxygens (including phenoxy) is 1. The zero-order valence-electron chi connectivity index (χ0n) is 11.8. The van der Waals surface area contributed by atoms with Gasteiger partial charge in [-0.25, -0.2) is 4.98 Å². The molecule has 3 rings (SSSR count). The number of nitrogens with one attached hydrogen (secondary N) is 1. The first-order chi connectivity index (χ1) is 10.7. The highest BCUT2D eigenvalue weighted by atomic mass is 16.5. The summed E-state index contributed by atoms with van der Waals surface area (Å²) in [7, 11) is 1.51. The molecule has 22 heavy (non-hydrogen) atoms. The Labute approximate surface area is 125 Å². The van der Waals surface area contributed by atoms with Gasteiger partial charge in [0.2, 0.25) is 0 Å². The number of aromatic amines is 1. The smallest absolute Gasteiger partial charge is 0.274 e. The molecule has 2 heterocycles. The molecule has 0 amide bonds. The minimum Gasteiger partial charge on any atom is -0.507 e. The average molecular weight is 295 g/mol. The fourth-order valence-electron chi connectivity index (χ4n) is 2.11. The number of methoxy groups -OCH3 is 1. The van der Waals surface area contributed by atoms with Gasteiger partial charge in [0, 0.05) is 12.3 Å². The van der Waals surface area contributed by atoms with Gasteiger partial charge in [-0.1, -0.05) is 12.1 Å². The van der Waals surface area contributed by atoms with Crippen LogP contribution in [-0.2, 0) is 0 Å². The number of nitrogens with zero attached hydrogens (tertiary/aromatic N) is 2. The Bertz CT molecular complexity index is 916. The maximum Gasteiger partial charge on any atom is 0.274 e. The summed E-state index contributed by atoms with van der Waals surface area (Å²) in [5, 5.41) is 10.3. The largest absolute Gasteiger partial charge is 0.507 e. The van der Waals surface area contributed by atoms with E-state index in [-0.39, 0.29) is 17.0 Å². The van der Waals surface area contributed by atoms with Crippen LogP contribution < -0.4 is 10.3 Å². The summed E-state index contributed by atoms with van der Waals surface area (Å²) in [4.78, 5) is 22.9. The molecule has 0 aliphatic rings. The third-order valence-corrected chi connectivity index (χ3v) is 3.18. The van der Waals surface area contributed by atoms with Gasteiger partial charge in [-0.05, 0) is 18.2 Å². The lowest BCUT2D eigenvalue weighted by molar-refractivity contribution is 0.409. The SMILES string of the molecule is COc1ccccc1/C(O)=C/c1nc2cnccc2[nH]c1=O. The van der Waals surface area contributed by atoms with E-state index in [1.165, 1.54) is 13.2 Å². The number of hydrogen-bond acceptors (Lipinski definition) is 5. The summed E-state index contributed by atoms with van der Waals surface area (Å²) in [6.45, 7) is 0. The van der Waals surface area contributed by atoms with Gasteiger partial charge in [-0.2, -0.15) is 0 Å². The molecular formula is C16H13N3O3. The summed E-state index contributed by atoms with van der Waals surface area (Å²) in [6, 6.07) is 8.65. The normalized spacial score (nSPS) is 11.6. The second-order valence-electron chi connectivity index (χ2n) is 4.57. The first-order valence-corrected chi connectivity index (χ1v) is 6.57. The topological polar surface area (TPSA) is 88.1 Å². The quantitative estimate of drug-likeness (QED) is 0.724. The standard InChI is InChI=1S/C16H13N3O3/c1-22-15-5-3-2-4-10(15)14(20)8-12-16(21)19-11-6-7-17-9-13(11)18-12/h2-9,20H,1H3,(H,19,21)/b14-8-. The number of aromatic nitrogens is 3. The Morgan fingerprint density at radius 3 is 2.95 bits per heavy atom. The molecule has 0 unspecified atom stereocenters. The summed E-state index contributed by atoms with van der Waals surface area (Å²) < 4.78 is 5.19. The maximum absolute atomic E-state index is 12.0. The van der Waals surface area contributed by atoms with Crippen molar-refractivity contribution in [3.63, 3.8) is 0 Å². The van der Waals surface area contributed by atoms with E-state index in [0.717, 1.165) is 0 Å². The van der Waals surface area contributed by atoms with Crippen LogP contribution in [0.1, 0.15) is 11.3 Å². The van der Waals surface area contributed by atoms with E-state index in [1.54, 1.807) is 42.7 Å². The summed E-state index contributed by atoms with van der Waals surface area (Å²) in [6.07, 6.45) is 4.42. The number of rotatable bonds is 3. The number of benzene rings is 1. The first kappa shape index (κ1) is 13.8. The molecule has 1 aromatic carbocycles. The molecule has 0 saturated carbocycles. The highest BCUT2D eigenvalue weighted by molar-refractivity contribution is 5.80. The number of hydrogen-bond donors (Lipinski definition) is 2. The van der Waals surface area contributed by atoms with Crippen molar-refractivity contribution in [1.29, 1.82) is 0 Å². The van der Waals surface area contributed by atoms with Crippen LogP contribution in [0, 0.1) is 0 Å². The van der Waals surface area contributed by atoms with Crippen molar-refractivity contribution in [2.24, 2.45) is 0 Å². The van der Waals surface area contributed by atoms with E-state index in [4.69, 9.17) is 4.74 Å². The monoisotopic (exact) mass is 295 g/mol. The summed E-state index contributed by atoms with van der Waals surface area (Å²) in [5.41, 5.74) is 1.33. The molecule has 110 valence electrons. The van der Waals surface area contributed by atoms with Crippen molar-refractivity contribution < 1.29 is 9.84 Å². The Hall–Kier alpha value is -3.15. The van der Waals surface area contributed by atoms with Crippen molar-refractivity contribution in [2.75, 3.05) is 7.11 Å². The molecule has 0 saturated heterocycles. The first-order valence-electron chi connectivity index (χ1n) is 6.57. The molecule has 0 radical (unpaired) electrons. The van der Waals surface area contributed by atoms with Crippen LogP contribution in [0.25, 0.3) is 22.9 Å². The van der Waals surface area contributed by atoms with Gasteiger partial charge in [-0.15, -0.1) is 0 Å². The highest BCUT2D eigenvalue weighted by Crippen LogP contribution is 2.24. The third kappa shape index (κ3) is 2.54. The van der Waals surface area contributed by atoms with Crippen molar-refractivity contribution in [2.45, 2.75) is 0 Å². The maximum atomic E-state index is 12.0. The minimum absolute atomic E-state index is 0.0984. The van der Waals surface area contributed by atoms with E-state index in [1.807, 2.05) is 0 Å². The lowest BCUT2D eigenvalue weighted by Gasteiger charge is -2.07. The molecular weight excluding hydrogens is 282 g/mol. The molecule has 0 aliphatic heterocycles. The molecule has 0 fully saturated rings. The molecule has 6 heteroatoms. The van der Waals surface area contributed by atoms with Crippen molar-refractivity contribution >= 4 is 22.9 Å². The van der Waals surface area contributed by atoms with Crippen LogP contribution in [0.5, 0.6) is 5.75 Å². The number of para-hydroxylation sites is 1. The number of aliphatic hydroxyl groups excluding tert-OH is 1. The number of aliphatic hydroxyl groups is 1. The molecule has 2 N–H and O–H groups in total. The zero-order valence-corrected chi connectivity index (χ0v) is 11.8. The van der Waals surface area contributed by atoms with Crippen LogP contribution in [-0.4, -0.2) is 27.2 Å². The molecule has 0 aliphatic carbocycles. The van der Waals surface area contributed by atoms with E-state index in [0.29, 0.717) is 22.3 Å². The van der Waals surface area contributed by atoms with E-state index in [2.05, 4.69) is 15.0 Å². The Balaban J connectivity index is 2.11. The molecule has 2 aromatic heterocycles. The van der Waals surface area contributed by atoms with E-state index >= 15 is 0 Å². The predicted octanol–water partition coefficient (Wildman–Crippen LogP) is 2.38. The lowest BCUT2D eigenvalue weighted by atomic mass is 10.1. The third-order valence-electron chi connectivity index (χ3n) is 3.18. The Morgan fingerprint density at radius 1 is 1.32 bits per heavy atom. The van der Waals surface area contributed by atoms with Gasteiger partial charge < -0.3 is 14.8 Å². The molecule has 0 atom stereocenters. The van der Waals surface area contributed by atoms with Crippen LogP contribution in [0.2, 0.25) is 0 Å². The Kier molecular flexibility index (Phi) is 3.57. The summed E-state index contributed by atoms with van der Waals surface area (Å²) >= 11 is 0. The van der Waals surface area contributed by atoms with Crippen LogP contribution in [0.3, 0.4) is 0 Å². The van der Waals surface area contributed by atoms with Crippen LogP contribution in [0.15, 0.2) is 47.5 Å². The van der Waals surface area contributed by atoms with Gasteiger partial charge in [0.15, 0.2) is 0 Å². The number of H-pyrrole nitrogens is 1. The van der Waals surface area contributed by atoms with Gasteiger partial charge in [0.25, 0.3) is 5.56 Å². The number of pyridine rings is 1. The van der Waals surface area contributed by atoms with Crippen LogP contribution >= 0.6 is 0 Å². The second-order valence-corrected chi connectivity index (χ2v) is 4.57. The predicted molar refractivity (Wildman–Crippen MR) is 83.7 cm³/mol. The summed E-state index contributed by atoms with van der Waals surface area (Å²) in [5.74, 6) is 0.411. The van der Waals surface area contributed by atoms with Crippen molar-refractivity contribution in [1.82, 2.24) is 15.0 Å². The van der Waals surface area contributed by atoms with E-state index < -0.39 is 0 Å². The Morgan fingerprint density at radius 2 is 2.14 bits per heavy atom. The minimum atomic E-state index is -0.389. The number of fused-ring (bicyclic) bond motifs is 1. The lowest BCUT2D eigenvalue weighted by Crippen LogP contribution is -2.12. The average Bonchev–Trinajstić information content (AvgIpc) is 2.55. The van der Waals surface area contributed by atoms with Crippen molar-refractivity contribution in [3.05, 3.63) is 64.3 Å². The molecule has 0 spiro atoms. The van der Waals surface area contributed by atoms with E-state index in [9.17, 15) is 9.90 Å². The fraction of sp³-hybridized carbons (Fsp3) is 0.0625. The molecule has 6 nitrogen and oxygen atoms in total. The van der Waals surface area contributed by atoms with Gasteiger partial charge in [0.05, 0.1) is 24.4 Å². The zero-order chi connectivity index (χ0) is 15.5. The highest BCUT2D eigenvalue weighted by Gasteiger charge is 2.09. The van der Waals surface area contributed by atoms with Crippen molar-refractivity contribution in [3.8, 4) is 5.75 Å². The van der Waals surface area contributed by atoms with Gasteiger partial charge in [0.1, 0.15) is 22.7 Å². The molecule has 3 aromatic rings. The molecule has 0 bridgehead atoms. The fourth-order valence-corrected chi connectivity index (χ4v) is 2.11. The van der Waals surface area contributed by atoms with Gasteiger partial charge >= 0.3 is 0 Å². The second kappa shape index (κ2) is 5.69. The van der Waals surface area contributed by atoms with Crippen LogP contribution in [0.4, 0.5) is 0 Å².